The summed E-state index contributed by atoms with van der Waals surface area (Å²) in [5, 5.41) is 3.62. The van der Waals surface area contributed by atoms with Gasteiger partial charge < -0.3 is 5.32 Å². The molecule has 0 radical (unpaired) electrons. The second-order valence-corrected chi connectivity index (χ2v) is 5.57. The predicted octanol–water partition coefficient (Wildman–Crippen LogP) is 3.91. The Morgan fingerprint density at radius 3 is 1.78 bits per heavy atom. The maximum atomic E-state index is 3.62. The largest absolute Gasteiger partial charge is 0.315 e. The van der Waals surface area contributed by atoms with E-state index in [1.807, 2.05) is 0 Å². The molecule has 2 atom stereocenters. The van der Waals surface area contributed by atoms with Gasteiger partial charge in [0, 0.05) is 11.6 Å². The lowest BCUT2D eigenvalue weighted by atomic mass is 9.78. The number of nitrogens with zero attached hydrogens (tertiary/aromatic N) is 1. The fourth-order valence-electron chi connectivity index (χ4n) is 3.44. The fraction of sp³-hybridized carbons (Fsp3) is 1.00. The minimum atomic E-state index is 0.321. The Hall–Kier alpha value is -0.0800. The topological polar surface area (TPSA) is 15.3 Å². The van der Waals surface area contributed by atoms with Gasteiger partial charge in [-0.25, -0.2) is 0 Å². The van der Waals surface area contributed by atoms with Gasteiger partial charge in [-0.1, -0.05) is 48.0 Å². The van der Waals surface area contributed by atoms with E-state index in [4.69, 9.17) is 0 Å². The van der Waals surface area contributed by atoms with E-state index in [-0.39, 0.29) is 0 Å². The van der Waals surface area contributed by atoms with Gasteiger partial charge in [0.25, 0.3) is 0 Å². The first-order valence-electron chi connectivity index (χ1n) is 7.98. The zero-order chi connectivity index (χ0) is 14.2. The third-order valence-corrected chi connectivity index (χ3v) is 4.95. The lowest BCUT2D eigenvalue weighted by Crippen LogP contribution is -2.60. The van der Waals surface area contributed by atoms with Crippen LogP contribution in [0.15, 0.2) is 0 Å². The summed E-state index contributed by atoms with van der Waals surface area (Å²) >= 11 is 0. The maximum Gasteiger partial charge on any atom is 0.0357 e. The standard InChI is InChI=1S/C16H36N2/c1-8-14(6)13-15(17-7)16(9-2,10-3)18(11-4)12-5/h14-15,17H,8-13H2,1-7H3. The van der Waals surface area contributed by atoms with Crippen molar-refractivity contribution in [3.8, 4) is 0 Å². The van der Waals surface area contributed by atoms with Gasteiger partial charge in [-0.3, -0.25) is 4.90 Å². The van der Waals surface area contributed by atoms with E-state index >= 15 is 0 Å². The second kappa shape index (κ2) is 8.92. The molecule has 0 spiro atoms. The van der Waals surface area contributed by atoms with Crippen molar-refractivity contribution in [1.29, 1.82) is 0 Å². The zero-order valence-electron chi connectivity index (χ0n) is 13.8. The average molecular weight is 256 g/mol. The summed E-state index contributed by atoms with van der Waals surface area (Å²) in [7, 11) is 2.14. The van der Waals surface area contributed by atoms with Crippen LogP contribution >= 0.6 is 0 Å². The maximum absolute atomic E-state index is 3.62. The molecule has 0 heterocycles. The van der Waals surface area contributed by atoms with Crippen LogP contribution in [0, 0.1) is 5.92 Å². The van der Waals surface area contributed by atoms with Gasteiger partial charge in [0.1, 0.15) is 0 Å². The molecule has 18 heavy (non-hydrogen) atoms. The Balaban J connectivity index is 5.12. The third-order valence-electron chi connectivity index (χ3n) is 4.95. The van der Waals surface area contributed by atoms with E-state index in [1.54, 1.807) is 0 Å². The van der Waals surface area contributed by atoms with Crippen LogP contribution in [0.25, 0.3) is 0 Å². The predicted molar refractivity (Wildman–Crippen MR) is 83.2 cm³/mol. The van der Waals surface area contributed by atoms with Crippen LogP contribution < -0.4 is 5.32 Å². The summed E-state index contributed by atoms with van der Waals surface area (Å²) in [5.41, 5.74) is 0.321. The van der Waals surface area contributed by atoms with Gasteiger partial charge in [0.2, 0.25) is 0 Å². The summed E-state index contributed by atoms with van der Waals surface area (Å²) in [4.78, 5) is 2.66. The van der Waals surface area contributed by atoms with Crippen LogP contribution in [0.1, 0.15) is 67.2 Å². The minimum Gasteiger partial charge on any atom is -0.315 e. The van der Waals surface area contributed by atoms with Crippen LogP contribution in [0.2, 0.25) is 0 Å². The van der Waals surface area contributed by atoms with E-state index < -0.39 is 0 Å². The molecule has 0 aromatic carbocycles. The molecule has 2 heteroatoms. The number of hydrogen-bond donors (Lipinski definition) is 1. The summed E-state index contributed by atoms with van der Waals surface area (Å²) in [6.45, 7) is 16.3. The summed E-state index contributed by atoms with van der Waals surface area (Å²) in [5.74, 6) is 0.801. The van der Waals surface area contributed by atoms with Crippen molar-refractivity contribution < 1.29 is 0 Å². The molecule has 110 valence electrons. The van der Waals surface area contributed by atoms with Crippen molar-refractivity contribution in [3.05, 3.63) is 0 Å². The van der Waals surface area contributed by atoms with Crippen LogP contribution in [-0.2, 0) is 0 Å². The van der Waals surface area contributed by atoms with Gasteiger partial charge in [-0.2, -0.15) is 0 Å². The molecule has 0 amide bonds. The Morgan fingerprint density at radius 2 is 1.50 bits per heavy atom. The normalized spacial score (nSPS) is 16.0. The van der Waals surface area contributed by atoms with Crippen LogP contribution in [-0.4, -0.2) is 36.6 Å². The molecule has 2 unspecified atom stereocenters. The van der Waals surface area contributed by atoms with Crippen LogP contribution in [0.3, 0.4) is 0 Å². The summed E-state index contributed by atoms with van der Waals surface area (Å²) < 4.78 is 0. The Kier molecular flexibility index (Phi) is 8.89. The second-order valence-electron chi connectivity index (χ2n) is 5.57. The van der Waals surface area contributed by atoms with Crippen LogP contribution in [0.4, 0.5) is 0 Å². The van der Waals surface area contributed by atoms with E-state index in [1.165, 1.54) is 25.7 Å². The first-order chi connectivity index (χ1) is 8.55. The molecule has 2 nitrogen and oxygen atoms in total. The molecule has 0 aromatic rings. The van der Waals surface area contributed by atoms with E-state index in [0.717, 1.165) is 19.0 Å². The van der Waals surface area contributed by atoms with E-state index in [2.05, 4.69) is 58.8 Å². The number of likely N-dealkylation sites (N-methyl/N-ethyl adjacent to an activating group) is 2. The molecule has 0 fully saturated rings. The van der Waals surface area contributed by atoms with Crippen molar-refractivity contribution in [2.45, 2.75) is 78.8 Å². The Morgan fingerprint density at radius 1 is 1.00 bits per heavy atom. The van der Waals surface area contributed by atoms with Gasteiger partial charge in [-0.05, 0) is 45.3 Å². The van der Waals surface area contributed by atoms with Gasteiger partial charge in [0.15, 0.2) is 0 Å². The van der Waals surface area contributed by atoms with Crippen molar-refractivity contribution in [2.75, 3.05) is 20.1 Å². The molecule has 0 aliphatic heterocycles. The smallest absolute Gasteiger partial charge is 0.0357 e. The highest BCUT2D eigenvalue weighted by Crippen LogP contribution is 2.31. The molecule has 0 aliphatic carbocycles. The lowest BCUT2D eigenvalue weighted by Gasteiger charge is -2.48. The number of rotatable bonds is 10. The first kappa shape index (κ1) is 17.9. The van der Waals surface area contributed by atoms with Crippen molar-refractivity contribution in [2.24, 2.45) is 5.92 Å². The van der Waals surface area contributed by atoms with Crippen molar-refractivity contribution >= 4 is 0 Å². The molecule has 1 N–H and O–H groups in total. The monoisotopic (exact) mass is 256 g/mol. The fourth-order valence-corrected chi connectivity index (χ4v) is 3.44. The molecule has 0 aromatic heterocycles. The molecular weight excluding hydrogens is 220 g/mol. The SMILES string of the molecule is CCC(C)CC(NC)C(CC)(CC)N(CC)CC. The van der Waals surface area contributed by atoms with Gasteiger partial charge in [0.05, 0.1) is 0 Å². The molecule has 0 aliphatic rings. The molecule has 0 saturated heterocycles. The first-order valence-corrected chi connectivity index (χ1v) is 7.98. The van der Waals surface area contributed by atoms with Crippen molar-refractivity contribution in [1.82, 2.24) is 10.2 Å². The summed E-state index contributed by atoms with van der Waals surface area (Å²) in [6.07, 6.45) is 5.02. The van der Waals surface area contributed by atoms with Gasteiger partial charge >= 0.3 is 0 Å². The van der Waals surface area contributed by atoms with Crippen LogP contribution in [0.5, 0.6) is 0 Å². The highest BCUT2D eigenvalue weighted by molar-refractivity contribution is 4.98. The zero-order valence-corrected chi connectivity index (χ0v) is 13.8. The van der Waals surface area contributed by atoms with Gasteiger partial charge in [-0.15, -0.1) is 0 Å². The average Bonchev–Trinajstić information content (AvgIpc) is 2.42. The van der Waals surface area contributed by atoms with Crippen molar-refractivity contribution in [3.63, 3.8) is 0 Å². The highest BCUT2D eigenvalue weighted by atomic mass is 15.2. The molecule has 0 rings (SSSR count). The number of nitrogens with one attached hydrogen (secondary N) is 1. The molecule has 0 saturated carbocycles. The highest BCUT2D eigenvalue weighted by Gasteiger charge is 2.39. The Labute approximate surface area is 116 Å². The quantitative estimate of drug-likeness (QED) is 0.637. The molecular formula is C16H36N2. The molecule has 0 bridgehead atoms. The lowest BCUT2D eigenvalue weighted by molar-refractivity contribution is 0.0434. The van der Waals surface area contributed by atoms with E-state index in [9.17, 15) is 0 Å². The Bertz CT molecular complexity index is 195. The summed E-state index contributed by atoms with van der Waals surface area (Å²) in [6, 6.07) is 0.599. The third kappa shape index (κ3) is 3.96. The van der Waals surface area contributed by atoms with E-state index in [0.29, 0.717) is 11.6 Å². The number of hydrogen-bond acceptors (Lipinski definition) is 2. The minimum absolute atomic E-state index is 0.321.